The van der Waals surface area contributed by atoms with Crippen LogP contribution in [0.25, 0.3) is 0 Å². The van der Waals surface area contributed by atoms with Crippen molar-refractivity contribution in [3.8, 4) is 0 Å². The van der Waals surface area contributed by atoms with Gasteiger partial charge in [0, 0.05) is 18.8 Å². The minimum absolute atomic E-state index is 0.0150. The van der Waals surface area contributed by atoms with E-state index < -0.39 is 17.1 Å². The zero-order chi connectivity index (χ0) is 12.6. The van der Waals surface area contributed by atoms with Crippen LogP contribution in [-0.4, -0.2) is 23.4 Å². The molecule has 0 bridgehead atoms. The number of rotatable bonds is 4. The van der Waals surface area contributed by atoms with Crippen molar-refractivity contribution in [3.63, 3.8) is 0 Å². The highest BCUT2D eigenvalue weighted by Gasteiger charge is 2.41. The molecule has 1 atom stereocenters. The Morgan fingerprint density at radius 3 is 2.12 bits per heavy atom. The quantitative estimate of drug-likeness (QED) is 0.790. The molecule has 0 aliphatic carbocycles. The highest BCUT2D eigenvalue weighted by atomic mass is 16.2. The summed E-state index contributed by atoms with van der Waals surface area (Å²) in [5.41, 5.74) is -0.952. The first-order valence-electron chi connectivity index (χ1n) is 5.39. The van der Waals surface area contributed by atoms with E-state index in [2.05, 4.69) is 15.5 Å². The standard InChI is InChI=1S/C11H19N3O2/c1-7(15)12-8(6-11(5)13-14-11)9(16)10(2,3)4/h8H,6H2,1-5H3,(H,12,15). The molecular formula is C11H19N3O2. The van der Waals surface area contributed by atoms with Crippen LogP contribution in [0.5, 0.6) is 0 Å². The van der Waals surface area contributed by atoms with Gasteiger partial charge in [0.05, 0.1) is 6.04 Å². The van der Waals surface area contributed by atoms with Crippen LogP contribution in [0.15, 0.2) is 10.2 Å². The fraction of sp³-hybridized carbons (Fsp3) is 0.818. The van der Waals surface area contributed by atoms with Crippen LogP contribution < -0.4 is 5.32 Å². The average Bonchev–Trinajstić information content (AvgIpc) is 2.78. The maximum absolute atomic E-state index is 12.1. The van der Waals surface area contributed by atoms with Crippen LogP contribution in [-0.2, 0) is 9.59 Å². The van der Waals surface area contributed by atoms with E-state index in [1.54, 1.807) is 0 Å². The first kappa shape index (κ1) is 12.8. The summed E-state index contributed by atoms with van der Waals surface area (Å²) in [6.07, 6.45) is 0.447. The van der Waals surface area contributed by atoms with E-state index in [-0.39, 0.29) is 11.7 Å². The van der Waals surface area contributed by atoms with Crippen LogP contribution >= 0.6 is 0 Å². The zero-order valence-electron chi connectivity index (χ0n) is 10.5. The van der Waals surface area contributed by atoms with Gasteiger partial charge in [-0.1, -0.05) is 20.8 Å². The number of hydrogen-bond acceptors (Lipinski definition) is 4. The summed E-state index contributed by atoms with van der Waals surface area (Å²) in [4.78, 5) is 23.2. The molecule has 0 radical (unpaired) electrons. The molecule has 1 aliphatic heterocycles. The number of carbonyl (C=O) groups is 2. The van der Waals surface area contributed by atoms with Crippen molar-refractivity contribution in [2.45, 2.75) is 52.7 Å². The van der Waals surface area contributed by atoms with E-state index in [0.29, 0.717) is 6.42 Å². The van der Waals surface area contributed by atoms with E-state index in [1.165, 1.54) is 6.92 Å². The Balaban J connectivity index is 2.70. The molecule has 0 spiro atoms. The van der Waals surface area contributed by atoms with Crippen LogP contribution in [0.3, 0.4) is 0 Å². The largest absolute Gasteiger partial charge is 0.346 e. The molecule has 0 aromatic rings. The maximum atomic E-state index is 12.1. The van der Waals surface area contributed by atoms with Crippen molar-refractivity contribution < 1.29 is 9.59 Å². The Bertz CT molecular complexity index is 336. The molecule has 0 saturated carbocycles. The summed E-state index contributed by atoms with van der Waals surface area (Å²) in [7, 11) is 0. The zero-order valence-corrected chi connectivity index (χ0v) is 10.5. The van der Waals surface area contributed by atoms with E-state index >= 15 is 0 Å². The molecule has 1 unspecified atom stereocenters. The molecule has 0 aromatic carbocycles. The molecule has 5 nitrogen and oxygen atoms in total. The summed E-state index contributed by atoms with van der Waals surface area (Å²) in [6, 6.07) is -0.502. The third-order valence-electron chi connectivity index (χ3n) is 2.47. The van der Waals surface area contributed by atoms with Gasteiger partial charge in [-0.05, 0) is 6.92 Å². The van der Waals surface area contributed by atoms with E-state index in [0.717, 1.165) is 0 Å². The molecule has 1 heterocycles. The predicted molar refractivity (Wildman–Crippen MR) is 59.9 cm³/mol. The van der Waals surface area contributed by atoms with Crippen molar-refractivity contribution in [1.82, 2.24) is 5.32 Å². The number of Topliss-reactive ketones (excluding diaryl/α,β-unsaturated/α-hetero) is 1. The molecule has 5 heteroatoms. The second-order valence-electron chi connectivity index (χ2n) is 5.49. The van der Waals surface area contributed by atoms with Gasteiger partial charge in [0.25, 0.3) is 0 Å². The molecule has 0 aromatic heterocycles. The van der Waals surface area contributed by atoms with Crippen LogP contribution in [0.1, 0.15) is 41.0 Å². The molecule has 1 amide bonds. The first-order chi connectivity index (χ1) is 7.14. The van der Waals surface area contributed by atoms with E-state index in [4.69, 9.17) is 0 Å². The number of carbonyl (C=O) groups excluding carboxylic acids is 2. The average molecular weight is 225 g/mol. The molecule has 0 saturated heterocycles. The fourth-order valence-electron chi connectivity index (χ4n) is 1.53. The van der Waals surface area contributed by atoms with Crippen molar-refractivity contribution in [1.29, 1.82) is 0 Å². The highest BCUT2D eigenvalue weighted by molar-refractivity contribution is 5.92. The van der Waals surface area contributed by atoms with Crippen molar-refractivity contribution >= 4 is 11.7 Å². The Morgan fingerprint density at radius 1 is 1.31 bits per heavy atom. The normalized spacial score (nSPS) is 19.1. The Labute approximate surface area is 95.7 Å². The lowest BCUT2D eigenvalue weighted by Gasteiger charge is -2.25. The summed E-state index contributed by atoms with van der Waals surface area (Å²) >= 11 is 0. The SMILES string of the molecule is CC(=O)NC(CC1(C)N=N1)C(=O)C(C)(C)C. The highest BCUT2D eigenvalue weighted by Crippen LogP contribution is 2.33. The first-order valence-corrected chi connectivity index (χ1v) is 5.39. The van der Waals surface area contributed by atoms with Crippen molar-refractivity contribution in [2.75, 3.05) is 0 Å². The number of nitrogens with one attached hydrogen (secondary N) is 1. The second-order valence-corrected chi connectivity index (χ2v) is 5.49. The Kier molecular flexibility index (Phi) is 3.17. The summed E-state index contributed by atoms with van der Waals surface area (Å²) < 4.78 is 0. The number of nitrogens with zero attached hydrogens (tertiary/aromatic N) is 2. The van der Waals surface area contributed by atoms with Gasteiger partial charge in [0.2, 0.25) is 5.91 Å². The van der Waals surface area contributed by atoms with Gasteiger partial charge in [-0.15, -0.1) is 0 Å². The van der Waals surface area contributed by atoms with Crippen LogP contribution in [0.4, 0.5) is 0 Å². The number of amides is 1. The number of hydrogen-bond donors (Lipinski definition) is 1. The minimum Gasteiger partial charge on any atom is -0.346 e. The molecule has 1 aliphatic rings. The Hall–Kier alpha value is -1.26. The monoisotopic (exact) mass is 225 g/mol. The topological polar surface area (TPSA) is 70.9 Å². The third-order valence-corrected chi connectivity index (χ3v) is 2.47. The third kappa shape index (κ3) is 3.40. The molecule has 90 valence electrons. The lowest BCUT2D eigenvalue weighted by atomic mass is 9.84. The van der Waals surface area contributed by atoms with Gasteiger partial charge in [-0.25, -0.2) is 0 Å². The molecular weight excluding hydrogens is 206 g/mol. The predicted octanol–water partition coefficient (Wildman–Crippen LogP) is 1.68. The van der Waals surface area contributed by atoms with Gasteiger partial charge in [0.1, 0.15) is 0 Å². The maximum Gasteiger partial charge on any atom is 0.217 e. The number of ketones is 1. The fourth-order valence-corrected chi connectivity index (χ4v) is 1.53. The smallest absolute Gasteiger partial charge is 0.217 e. The summed E-state index contributed by atoms with van der Waals surface area (Å²) in [5.74, 6) is -0.187. The molecule has 1 rings (SSSR count). The van der Waals surface area contributed by atoms with Gasteiger partial charge in [-0.2, -0.15) is 10.2 Å². The lowest BCUT2D eigenvalue weighted by molar-refractivity contribution is -0.132. The summed E-state index contributed by atoms with van der Waals surface area (Å²) in [6.45, 7) is 8.78. The minimum atomic E-state index is -0.502. The summed E-state index contributed by atoms with van der Waals surface area (Å²) in [5, 5.41) is 10.4. The van der Waals surface area contributed by atoms with Gasteiger partial charge in [-0.3, -0.25) is 9.59 Å². The molecule has 1 N–H and O–H groups in total. The van der Waals surface area contributed by atoms with E-state index in [1.807, 2.05) is 27.7 Å². The van der Waals surface area contributed by atoms with Crippen LogP contribution in [0, 0.1) is 5.41 Å². The lowest BCUT2D eigenvalue weighted by Crippen LogP contribution is -2.46. The molecule has 0 fully saturated rings. The second kappa shape index (κ2) is 3.96. The molecule has 16 heavy (non-hydrogen) atoms. The van der Waals surface area contributed by atoms with E-state index in [9.17, 15) is 9.59 Å². The van der Waals surface area contributed by atoms with Gasteiger partial charge in [0.15, 0.2) is 11.4 Å². The van der Waals surface area contributed by atoms with Crippen molar-refractivity contribution in [2.24, 2.45) is 15.6 Å². The van der Waals surface area contributed by atoms with Crippen molar-refractivity contribution in [3.05, 3.63) is 0 Å². The van der Waals surface area contributed by atoms with Gasteiger partial charge < -0.3 is 5.32 Å². The Morgan fingerprint density at radius 2 is 1.81 bits per heavy atom. The van der Waals surface area contributed by atoms with Crippen LogP contribution in [0.2, 0.25) is 0 Å². The van der Waals surface area contributed by atoms with Gasteiger partial charge >= 0.3 is 0 Å².